The maximum absolute atomic E-state index is 12.0. The van der Waals surface area contributed by atoms with E-state index < -0.39 is 0 Å². The summed E-state index contributed by atoms with van der Waals surface area (Å²) in [6, 6.07) is 5.67. The van der Waals surface area contributed by atoms with Crippen molar-refractivity contribution in [2.75, 3.05) is 7.05 Å². The predicted octanol–water partition coefficient (Wildman–Crippen LogP) is 3.34. The van der Waals surface area contributed by atoms with Gasteiger partial charge < -0.3 is 4.90 Å². The maximum Gasteiger partial charge on any atom is 0.254 e. The highest BCUT2D eigenvalue weighted by Crippen LogP contribution is 2.29. The monoisotopic (exact) mass is 287 g/mol. The fourth-order valence-electron chi connectivity index (χ4n) is 1.48. The van der Waals surface area contributed by atoms with Gasteiger partial charge in [-0.05, 0) is 47.0 Å². The molecule has 1 aromatic carbocycles. The molecule has 0 atom stereocenters. The first-order valence-corrected chi connectivity index (χ1v) is 5.99. The van der Waals surface area contributed by atoms with Crippen LogP contribution in [0.2, 0.25) is 5.02 Å². The van der Waals surface area contributed by atoms with Crippen LogP contribution in [0.15, 0.2) is 22.7 Å². The molecule has 1 aliphatic carbocycles. The van der Waals surface area contributed by atoms with Crippen LogP contribution in [0.25, 0.3) is 0 Å². The number of hydrogen-bond acceptors (Lipinski definition) is 1. The molecular formula is C11H11BrClNO. The number of amides is 1. The Morgan fingerprint density at radius 1 is 1.53 bits per heavy atom. The molecule has 1 saturated carbocycles. The number of halogens is 2. The van der Waals surface area contributed by atoms with Crippen LogP contribution in [0.1, 0.15) is 23.2 Å². The average Bonchev–Trinajstić information content (AvgIpc) is 2.99. The van der Waals surface area contributed by atoms with Crippen LogP contribution in [0.5, 0.6) is 0 Å². The van der Waals surface area contributed by atoms with Gasteiger partial charge in [0.1, 0.15) is 0 Å². The van der Waals surface area contributed by atoms with Gasteiger partial charge in [0, 0.05) is 22.6 Å². The lowest BCUT2D eigenvalue weighted by Gasteiger charge is -2.17. The van der Waals surface area contributed by atoms with Crippen LogP contribution in [0.4, 0.5) is 0 Å². The summed E-state index contributed by atoms with van der Waals surface area (Å²) in [5, 5.41) is 0.632. The van der Waals surface area contributed by atoms with E-state index in [-0.39, 0.29) is 5.91 Å². The molecule has 1 amide bonds. The first-order chi connectivity index (χ1) is 7.09. The number of hydrogen-bond donors (Lipinski definition) is 0. The van der Waals surface area contributed by atoms with Crippen LogP contribution in [0.3, 0.4) is 0 Å². The Morgan fingerprint density at radius 3 is 2.73 bits per heavy atom. The zero-order valence-corrected chi connectivity index (χ0v) is 10.7. The van der Waals surface area contributed by atoms with Gasteiger partial charge in [0.05, 0.1) is 5.56 Å². The molecule has 0 heterocycles. The van der Waals surface area contributed by atoms with Crippen molar-refractivity contribution in [2.24, 2.45) is 0 Å². The zero-order chi connectivity index (χ0) is 11.0. The fraction of sp³-hybridized carbons (Fsp3) is 0.364. The molecule has 0 bridgehead atoms. The summed E-state index contributed by atoms with van der Waals surface area (Å²) < 4.78 is 0.757. The molecule has 1 aromatic rings. The van der Waals surface area contributed by atoms with Gasteiger partial charge in [-0.2, -0.15) is 0 Å². The largest absolute Gasteiger partial charge is 0.339 e. The van der Waals surface area contributed by atoms with E-state index >= 15 is 0 Å². The zero-order valence-electron chi connectivity index (χ0n) is 8.34. The van der Waals surface area contributed by atoms with E-state index in [1.54, 1.807) is 23.1 Å². The SMILES string of the molecule is CN(C(=O)c1ccc(Cl)cc1Br)C1CC1. The predicted molar refractivity (Wildman–Crippen MR) is 64.3 cm³/mol. The lowest BCUT2D eigenvalue weighted by atomic mass is 10.2. The van der Waals surface area contributed by atoms with E-state index in [4.69, 9.17) is 11.6 Å². The smallest absolute Gasteiger partial charge is 0.254 e. The standard InChI is InChI=1S/C11H11BrClNO/c1-14(8-3-4-8)11(15)9-5-2-7(13)6-10(9)12/h2,5-6,8H,3-4H2,1H3. The molecule has 1 fully saturated rings. The van der Waals surface area contributed by atoms with Crippen LogP contribution in [-0.4, -0.2) is 23.9 Å². The number of carbonyl (C=O) groups is 1. The highest BCUT2D eigenvalue weighted by Gasteiger charge is 2.30. The number of rotatable bonds is 2. The topological polar surface area (TPSA) is 20.3 Å². The van der Waals surface area contributed by atoms with Gasteiger partial charge in [-0.1, -0.05) is 11.6 Å². The van der Waals surface area contributed by atoms with Crippen LogP contribution in [0, 0.1) is 0 Å². The van der Waals surface area contributed by atoms with Gasteiger partial charge >= 0.3 is 0 Å². The minimum Gasteiger partial charge on any atom is -0.339 e. The molecule has 0 radical (unpaired) electrons. The van der Waals surface area contributed by atoms with Crippen molar-refractivity contribution in [1.29, 1.82) is 0 Å². The molecule has 0 N–H and O–H groups in total. The summed E-state index contributed by atoms with van der Waals surface area (Å²) >= 11 is 9.17. The van der Waals surface area contributed by atoms with E-state index in [1.807, 2.05) is 7.05 Å². The molecule has 1 aliphatic rings. The van der Waals surface area contributed by atoms with Crippen molar-refractivity contribution < 1.29 is 4.79 Å². The lowest BCUT2D eigenvalue weighted by molar-refractivity contribution is 0.0784. The van der Waals surface area contributed by atoms with Crippen molar-refractivity contribution in [2.45, 2.75) is 18.9 Å². The van der Waals surface area contributed by atoms with Gasteiger partial charge in [0.15, 0.2) is 0 Å². The highest BCUT2D eigenvalue weighted by molar-refractivity contribution is 9.10. The second kappa shape index (κ2) is 4.14. The molecule has 0 unspecified atom stereocenters. The third-order valence-electron chi connectivity index (χ3n) is 2.58. The van der Waals surface area contributed by atoms with Crippen LogP contribution in [-0.2, 0) is 0 Å². The van der Waals surface area contributed by atoms with Gasteiger partial charge in [-0.25, -0.2) is 0 Å². The molecule has 0 aromatic heterocycles. The van der Waals surface area contributed by atoms with E-state index in [9.17, 15) is 4.79 Å². The van der Waals surface area contributed by atoms with E-state index in [2.05, 4.69) is 15.9 Å². The molecule has 80 valence electrons. The Labute approximate surface area is 102 Å². The Balaban J connectivity index is 2.24. The third kappa shape index (κ3) is 2.34. The summed E-state index contributed by atoms with van der Waals surface area (Å²) in [7, 11) is 1.85. The minimum atomic E-state index is 0.0565. The van der Waals surface area contributed by atoms with Crippen LogP contribution >= 0.6 is 27.5 Å². The minimum absolute atomic E-state index is 0.0565. The van der Waals surface area contributed by atoms with Crippen molar-refractivity contribution in [3.8, 4) is 0 Å². The highest BCUT2D eigenvalue weighted by atomic mass is 79.9. The van der Waals surface area contributed by atoms with Crippen molar-refractivity contribution in [3.63, 3.8) is 0 Å². The molecule has 0 aliphatic heterocycles. The summed E-state index contributed by atoms with van der Waals surface area (Å²) in [5.41, 5.74) is 0.675. The van der Waals surface area contributed by atoms with Gasteiger partial charge in [-0.15, -0.1) is 0 Å². The van der Waals surface area contributed by atoms with Crippen LogP contribution < -0.4 is 0 Å². The summed E-state index contributed by atoms with van der Waals surface area (Å²) in [4.78, 5) is 13.8. The Hall–Kier alpha value is -0.540. The second-order valence-electron chi connectivity index (χ2n) is 3.77. The van der Waals surface area contributed by atoms with Gasteiger partial charge in [0.25, 0.3) is 5.91 Å². The van der Waals surface area contributed by atoms with Gasteiger partial charge in [0.2, 0.25) is 0 Å². The molecule has 0 spiro atoms. The lowest BCUT2D eigenvalue weighted by Crippen LogP contribution is -2.28. The Morgan fingerprint density at radius 2 is 2.20 bits per heavy atom. The van der Waals surface area contributed by atoms with E-state index in [0.717, 1.165) is 17.3 Å². The fourth-order valence-corrected chi connectivity index (χ4v) is 2.33. The Kier molecular flexibility index (Phi) is 3.03. The second-order valence-corrected chi connectivity index (χ2v) is 5.06. The first kappa shape index (κ1) is 11.0. The number of benzene rings is 1. The molecule has 15 heavy (non-hydrogen) atoms. The molecule has 2 nitrogen and oxygen atoms in total. The summed E-state index contributed by atoms with van der Waals surface area (Å²) in [5.74, 6) is 0.0565. The summed E-state index contributed by atoms with van der Waals surface area (Å²) in [6.07, 6.45) is 2.24. The third-order valence-corrected chi connectivity index (χ3v) is 3.47. The molecule has 0 saturated heterocycles. The van der Waals surface area contributed by atoms with Crippen molar-refractivity contribution >= 4 is 33.4 Å². The quantitative estimate of drug-likeness (QED) is 0.817. The van der Waals surface area contributed by atoms with Crippen molar-refractivity contribution in [3.05, 3.63) is 33.3 Å². The van der Waals surface area contributed by atoms with Crippen molar-refractivity contribution in [1.82, 2.24) is 4.90 Å². The normalized spacial score (nSPS) is 15.1. The van der Waals surface area contributed by atoms with E-state index in [0.29, 0.717) is 16.6 Å². The number of carbonyl (C=O) groups excluding carboxylic acids is 1. The number of nitrogens with zero attached hydrogens (tertiary/aromatic N) is 1. The molecule has 2 rings (SSSR count). The molecular weight excluding hydrogens is 277 g/mol. The molecule has 4 heteroatoms. The first-order valence-electron chi connectivity index (χ1n) is 4.82. The maximum atomic E-state index is 12.0. The Bertz CT molecular complexity index is 404. The van der Waals surface area contributed by atoms with Gasteiger partial charge in [-0.3, -0.25) is 4.79 Å². The summed E-state index contributed by atoms with van der Waals surface area (Å²) in [6.45, 7) is 0. The van der Waals surface area contributed by atoms with E-state index in [1.165, 1.54) is 0 Å². The average molecular weight is 289 g/mol.